The summed E-state index contributed by atoms with van der Waals surface area (Å²) >= 11 is 6.88. The molecule has 136 valence electrons. The van der Waals surface area contributed by atoms with Crippen LogP contribution in [0.3, 0.4) is 0 Å². The van der Waals surface area contributed by atoms with E-state index in [2.05, 4.69) is 19.9 Å². The summed E-state index contributed by atoms with van der Waals surface area (Å²) in [6, 6.07) is 0. The van der Waals surface area contributed by atoms with E-state index in [1.807, 2.05) is 6.08 Å². The second kappa shape index (κ2) is 5.79. The lowest BCUT2D eigenvalue weighted by Crippen LogP contribution is -2.49. The number of aliphatic hydroxyl groups excluding tert-OH is 1. The van der Waals surface area contributed by atoms with Crippen LogP contribution >= 0.6 is 11.6 Å². The monoisotopic (exact) mass is 362 g/mol. The third kappa shape index (κ3) is 2.35. The second-order valence-corrected chi connectivity index (χ2v) is 9.50. The summed E-state index contributed by atoms with van der Waals surface area (Å²) in [7, 11) is 0. The van der Waals surface area contributed by atoms with Crippen molar-refractivity contribution >= 4 is 23.2 Å². The number of carbonyl (C=O) groups is 2. The molecule has 4 heteroatoms. The van der Waals surface area contributed by atoms with Crippen molar-refractivity contribution in [3.63, 3.8) is 0 Å². The quantitative estimate of drug-likeness (QED) is 0.600. The Morgan fingerprint density at radius 2 is 2.12 bits per heavy atom. The van der Waals surface area contributed by atoms with Gasteiger partial charge in [-0.1, -0.05) is 31.1 Å². The average Bonchev–Trinajstić information content (AvgIpc) is 2.93. The van der Waals surface area contributed by atoms with Gasteiger partial charge in [-0.3, -0.25) is 9.59 Å². The van der Waals surface area contributed by atoms with Gasteiger partial charge in [-0.05, 0) is 49.5 Å². The maximum Gasteiger partial charge on any atom is 0.161 e. The number of ketones is 2. The van der Waals surface area contributed by atoms with Crippen LogP contribution in [0.4, 0.5) is 0 Å². The minimum Gasteiger partial charge on any atom is -0.389 e. The van der Waals surface area contributed by atoms with Gasteiger partial charge in [0.2, 0.25) is 0 Å². The zero-order chi connectivity index (χ0) is 18.0. The molecule has 4 aliphatic rings. The van der Waals surface area contributed by atoms with E-state index in [9.17, 15) is 14.7 Å². The first-order valence-electron chi connectivity index (χ1n) is 9.53. The maximum atomic E-state index is 12.3. The van der Waals surface area contributed by atoms with Gasteiger partial charge in [-0.15, -0.1) is 11.6 Å². The number of alkyl halides is 1. The van der Waals surface area contributed by atoms with Gasteiger partial charge in [0.05, 0.1) is 0 Å². The number of hydrogen-bond donors (Lipinski definition) is 1. The molecule has 4 aliphatic carbocycles. The van der Waals surface area contributed by atoms with Gasteiger partial charge in [-0.2, -0.15) is 0 Å². The Kier molecular flexibility index (Phi) is 4.05. The van der Waals surface area contributed by atoms with Crippen LogP contribution in [-0.2, 0) is 9.59 Å². The van der Waals surface area contributed by atoms with Crippen molar-refractivity contribution in [3.05, 3.63) is 23.3 Å². The van der Waals surface area contributed by atoms with Gasteiger partial charge >= 0.3 is 0 Å². The largest absolute Gasteiger partial charge is 0.389 e. The van der Waals surface area contributed by atoms with E-state index in [0.29, 0.717) is 12.3 Å². The molecule has 0 heterocycles. The lowest BCUT2D eigenvalue weighted by molar-refractivity contribution is -0.129. The summed E-state index contributed by atoms with van der Waals surface area (Å²) < 4.78 is 0. The Balaban J connectivity index is 1.76. The molecule has 1 N–H and O–H groups in total. The highest BCUT2D eigenvalue weighted by atomic mass is 35.5. The molecule has 0 bridgehead atoms. The lowest BCUT2D eigenvalue weighted by Gasteiger charge is -2.55. The first kappa shape index (κ1) is 17.5. The van der Waals surface area contributed by atoms with Crippen molar-refractivity contribution in [3.8, 4) is 0 Å². The summed E-state index contributed by atoms with van der Waals surface area (Å²) in [6.07, 6.45) is 9.19. The normalized spacial score (nSPS) is 45.8. The molecule has 0 aromatic rings. The van der Waals surface area contributed by atoms with Gasteiger partial charge in [0.15, 0.2) is 11.6 Å². The predicted molar refractivity (Wildman–Crippen MR) is 97.3 cm³/mol. The van der Waals surface area contributed by atoms with E-state index in [1.165, 1.54) is 11.1 Å². The van der Waals surface area contributed by atoms with Crippen molar-refractivity contribution in [2.45, 2.75) is 57.7 Å². The topological polar surface area (TPSA) is 54.4 Å². The Morgan fingerprint density at radius 3 is 2.84 bits per heavy atom. The van der Waals surface area contributed by atoms with Crippen LogP contribution in [0.1, 0.15) is 52.4 Å². The van der Waals surface area contributed by atoms with Crippen molar-refractivity contribution in [2.24, 2.45) is 28.6 Å². The van der Waals surface area contributed by atoms with Gasteiger partial charge in [-0.25, -0.2) is 0 Å². The average molecular weight is 363 g/mol. The molecule has 0 saturated heterocycles. The highest BCUT2D eigenvalue weighted by molar-refractivity contribution is 6.21. The van der Waals surface area contributed by atoms with Crippen LogP contribution in [0, 0.1) is 28.6 Å². The number of aliphatic hydroxyl groups is 1. The fourth-order valence-corrected chi connectivity index (χ4v) is 6.90. The molecule has 2 saturated carbocycles. The summed E-state index contributed by atoms with van der Waals surface area (Å²) in [6.45, 7) is 4.14. The Labute approximate surface area is 154 Å². The molecule has 0 spiro atoms. The van der Waals surface area contributed by atoms with Crippen molar-refractivity contribution < 1.29 is 14.7 Å². The molecular formula is C21H27ClO3. The molecule has 0 amide bonds. The van der Waals surface area contributed by atoms with Gasteiger partial charge in [0.25, 0.3) is 0 Å². The lowest BCUT2D eigenvalue weighted by atomic mass is 9.51. The van der Waals surface area contributed by atoms with E-state index < -0.39 is 0 Å². The number of carbonyl (C=O) groups excluding carboxylic acids is 2. The molecule has 3 nitrogen and oxygen atoms in total. The summed E-state index contributed by atoms with van der Waals surface area (Å²) in [5.74, 6) is 0.838. The van der Waals surface area contributed by atoms with Crippen LogP contribution < -0.4 is 0 Å². The summed E-state index contributed by atoms with van der Waals surface area (Å²) in [4.78, 5) is 24.2. The standard InChI is InChI=1S/C21H27ClO3/c1-20-7-5-13(24)9-12(20)10-17(22)19-15-4-3-14(18(25)11-23)21(15,2)8-6-16(19)20/h6,9,14-15,17,19,23H,3-5,7-8,10-11H2,1-2H3/t14-,15?,17?,19?,20+,21-/m1/s1. The van der Waals surface area contributed by atoms with Crippen molar-refractivity contribution in [1.82, 2.24) is 0 Å². The maximum absolute atomic E-state index is 12.3. The Morgan fingerprint density at radius 1 is 1.36 bits per heavy atom. The molecular weight excluding hydrogens is 336 g/mol. The number of fused-ring (bicyclic) bond motifs is 5. The van der Waals surface area contributed by atoms with E-state index in [4.69, 9.17) is 11.6 Å². The molecule has 0 aliphatic heterocycles. The zero-order valence-electron chi connectivity index (χ0n) is 15.1. The number of halogens is 1. The zero-order valence-corrected chi connectivity index (χ0v) is 15.8. The highest BCUT2D eigenvalue weighted by Crippen LogP contribution is 2.65. The van der Waals surface area contributed by atoms with E-state index >= 15 is 0 Å². The number of hydrogen-bond acceptors (Lipinski definition) is 3. The van der Waals surface area contributed by atoms with E-state index in [1.54, 1.807) is 0 Å². The SMILES string of the molecule is C[C@]12CCC(=O)C=C1CC(Cl)C1C2=CC[C@@]2(C)C1CC[C@@H]2C(=O)CO. The first-order chi connectivity index (χ1) is 11.8. The first-order valence-corrected chi connectivity index (χ1v) is 9.97. The molecule has 2 fully saturated rings. The van der Waals surface area contributed by atoms with Crippen LogP contribution in [0.15, 0.2) is 23.3 Å². The Bertz CT molecular complexity index is 693. The fraction of sp³-hybridized carbons (Fsp3) is 0.714. The summed E-state index contributed by atoms with van der Waals surface area (Å²) in [5.41, 5.74) is 2.49. The van der Waals surface area contributed by atoms with Crippen LogP contribution in [0.25, 0.3) is 0 Å². The molecule has 3 unspecified atom stereocenters. The number of rotatable bonds is 2. The van der Waals surface area contributed by atoms with Crippen LogP contribution in [0.5, 0.6) is 0 Å². The number of Topliss-reactive ketones (excluding diaryl/α,β-unsaturated/α-hetero) is 1. The molecule has 0 aromatic heterocycles. The minimum atomic E-state index is -0.356. The molecule has 0 radical (unpaired) electrons. The second-order valence-electron chi connectivity index (χ2n) is 8.94. The third-order valence-electron chi connectivity index (χ3n) is 7.87. The highest BCUT2D eigenvalue weighted by Gasteiger charge is 2.59. The fourth-order valence-electron chi connectivity index (χ4n) is 6.42. The van der Waals surface area contributed by atoms with E-state index in [-0.39, 0.29) is 46.2 Å². The molecule has 25 heavy (non-hydrogen) atoms. The van der Waals surface area contributed by atoms with Gasteiger partial charge in [0.1, 0.15) is 6.61 Å². The minimum absolute atomic E-state index is 0.0101. The molecule has 0 aromatic carbocycles. The number of allylic oxidation sites excluding steroid dienone is 4. The predicted octanol–water partition coefficient (Wildman–Crippen LogP) is 3.83. The van der Waals surface area contributed by atoms with Gasteiger partial charge < -0.3 is 5.11 Å². The molecule has 4 rings (SSSR count). The third-order valence-corrected chi connectivity index (χ3v) is 8.29. The molecule has 6 atom stereocenters. The van der Waals surface area contributed by atoms with E-state index in [0.717, 1.165) is 32.1 Å². The van der Waals surface area contributed by atoms with Crippen LogP contribution in [-0.4, -0.2) is 28.7 Å². The van der Waals surface area contributed by atoms with Gasteiger partial charge in [0, 0.05) is 29.0 Å². The smallest absolute Gasteiger partial charge is 0.161 e. The summed E-state index contributed by atoms with van der Waals surface area (Å²) in [5, 5.41) is 9.36. The van der Waals surface area contributed by atoms with Crippen molar-refractivity contribution in [1.29, 1.82) is 0 Å². The van der Waals surface area contributed by atoms with Crippen molar-refractivity contribution in [2.75, 3.05) is 6.61 Å². The van der Waals surface area contributed by atoms with Crippen LogP contribution in [0.2, 0.25) is 0 Å². The Hall–Kier alpha value is -0.930.